The minimum absolute atomic E-state index is 0.568. The van der Waals surface area contributed by atoms with Crippen molar-refractivity contribution in [3.63, 3.8) is 0 Å². The van der Waals surface area contributed by atoms with E-state index < -0.39 is 0 Å². The Hall–Kier alpha value is -1.98. The summed E-state index contributed by atoms with van der Waals surface area (Å²) in [6.45, 7) is 4.23. The number of rotatable bonds is 4. The zero-order chi connectivity index (χ0) is 16.4. The molecule has 2 aromatic carbocycles. The van der Waals surface area contributed by atoms with Crippen LogP contribution in [0.5, 0.6) is 0 Å². The van der Waals surface area contributed by atoms with E-state index in [4.69, 9.17) is 17.4 Å². The molecule has 0 saturated heterocycles. The Kier molecular flexibility index (Phi) is 4.59. The number of hydrogen-bond acceptors (Lipinski definition) is 4. The molecule has 1 aromatic heterocycles. The van der Waals surface area contributed by atoms with E-state index in [-0.39, 0.29) is 0 Å². The molecule has 3 rings (SSSR count). The topological polar surface area (TPSA) is 56.7 Å². The number of nitrogens with zero attached hydrogens (tertiary/aromatic N) is 3. The highest BCUT2D eigenvalue weighted by molar-refractivity contribution is 7.98. The first-order valence-electron chi connectivity index (χ1n) is 7.20. The molecule has 0 radical (unpaired) electrons. The molecule has 0 aliphatic carbocycles. The van der Waals surface area contributed by atoms with Crippen LogP contribution in [0.4, 0.5) is 0 Å². The van der Waals surface area contributed by atoms with E-state index in [0.717, 1.165) is 11.3 Å². The summed E-state index contributed by atoms with van der Waals surface area (Å²) in [5.41, 5.74) is 4.60. The van der Waals surface area contributed by atoms with Crippen LogP contribution in [0.15, 0.2) is 47.6 Å². The summed E-state index contributed by atoms with van der Waals surface area (Å²) in [5, 5.41) is 9.63. The monoisotopic (exact) mass is 344 g/mol. The molecule has 3 aromatic rings. The van der Waals surface area contributed by atoms with E-state index in [1.165, 1.54) is 21.4 Å². The van der Waals surface area contributed by atoms with Crippen molar-refractivity contribution in [2.45, 2.75) is 24.8 Å². The van der Waals surface area contributed by atoms with Crippen molar-refractivity contribution in [2.75, 3.05) is 5.84 Å². The van der Waals surface area contributed by atoms with Gasteiger partial charge in [0.25, 0.3) is 0 Å². The van der Waals surface area contributed by atoms with Gasteiger partial charge in [-0.2, -0.15) is 0 Å². The smallest absolute Gasteiger partial charge is 0.210 e. The normalized spacial score (nSPS) is 10.9. The lowest BCUT2D eigenvalue weighted by atomic mass is 10.1. The van der Waals surface area contributed by atoms with Gasteiger partial charge in [0.1, 0.15) is 0 Å². The van der Waals surface area contributed by atoms with E-state index >= 15 is 0 Å². The Balaban J connectivity index is 1.80. The fourth-order valence-electron chi connectivity index (χ4n) is 2.24. The number of benzene rings is 2. The van der Waals surface area contributed by atoms with Crippen LogP contribution < -0.4 is 5.84 Å². The largest absolute Gasteiger partial charge is 0.335 e. The maximum atomic E-state index is 6.20. The molecule has 0 aliphatic rings. The molecule has 2 N–H and O–H groups in total. The Labute approximate surface area is 144 Å². The zero-order valence-corrected chi connectivity index (χ0v) is 14.5. The standard InChI is InChI=1S/C17H17ClN4S/c1-11-7-8-13(9-12(11)2)10-23-17-21-20-16(22(17)19)14-5-3-4-6-15(14)18/h3-9H,10,19H2,1-2H3. The highest BCUT2D eigenvalue weighted by atomic mass is 35.5. The molecule has 0 amide bonds. The lowest BCUT2D eigenvalue weighted by Crippen LogP contribution is -2.11. The molecule has 0 unspecified atom stereocenters. The molecule has 118 valence electrons. The number of aryl methyl sites for hydroxylation is 2. The fraction of sp³-hybridized carbons (Fsp3) is 0.176. The van der Waals surface area contributed by atoms with Crippen molar-refractivity contribution in [3.8, 4) is 11.4 Å². The Morgan fingerprint density at radius 1 is 1.09 bits per heavy atom. The van der Waals surface area contributed by atoms with Crippen LogP contribution in [0.2, 0.25) is 5.02 Å². The summed E-state index contributed by atoms with van der Waals surface area (Å²) in [6.07, 6.45) is 0. The molecule has 23 heavy (non-hydrogen) atoms. The van der Waals surface area contributed by atoms with Gasteiger partial charge in [0, 0.05) is 11.3 Å². The minimum Gasteiger partial charge on any atom is -0.335 e. The van der Waals surface area contributed by atoms with Gasteiger partial charge in [-0.15, -0.1) is 10.2 Å². The average molecular weight is 345 g/mol. The second-order valence-corrected chi connectivity index (χ2v) is 6.71. The number of halogens is 1. The third-order valence-corrected chi connectivity index (χ3v) is 5.06. The molecule has 0 atom stereocenters. The van der Waals surface area contributed by atoms with Gasteiger partial charge >= 0.3 is 0 Å². The number of nitrogen functional groups attached to an aromatic ring is 1. The van der Waals surface area contributed by atoms with Gasteiger partial charge in [0.15, 0.2) is 5.82 Å². The molecular weight excluding hydrogens is 328 g/mol. The second kappa shape index (κ2) is 6.64. The molecule has 4 nitrogen and oxygen atoms in total. The van der Waals surface area contributed by atoms with Crippen molar-refractivity contribution in [1.29, 1.82) is 0 Å². The lowest BCUT2D eigenvalue weighted by Gasteiger charge is -2.06. The molecular formula is C17H17ClN4S. The second-order valence-electron chi connectivity index (χ2n) is 5.36. The maximum Gasteiger partial charge on any atom is 0.210 e. The molecule has 0 fully saturated rings. The van der Waals surface area contributed by atoms with Crippen LogP contribution in [0.25, 0.3) is 11.4 Å². The summed E-state index contributed by atoms with van der Waals surface area (Å²) < 4.78 is 1.49. The molecule has 6 heteroatoms. The predicted octanol–water partition coefficient (Wildman–Crippen LogP) is 4.22. The number of thioether (sulfide) groups is 1. The van der Waals surface area contributed by atoms with Gasteiger partial charge < -0.3 is 5.84 Å². The Morgan fingerprint density at radius 2 is 1.87 bits per heavy atom. The number of hydrogen-bond donors (Lipinski definition) is 1. The summed E-state index contributed by atoms with van der Waals surface area (Å²) in [5.74, 6) is 7.49. The molecule has 1 heterocycles. The third-order valence-electron chi connectivity index (χ3n) is 3.72. The van der Waals surface area contributed by atoms with E-state index in [1.54, 1.807) is 11.8 Å². The van der Waals surface area contributed by atoms with Crippen molar-refractivity contribution in [1.82, 2.24) is 14.9 Å². The van der Waals surface area contributed by atoms with Gasteiger partial charge in [-0.05, 0) is 42.7 Å². The predicted molar refractivity (Wildman–Crippen MR) is 96.1 cm³/mol. The van der Waals surface area contributed by atoms with Gasteiger partial charge in [-0.1, -0.05) is 53.7 Å². The van der Waals surface area contributed by atoms with Crippen LogP contribution >= 0.6 is 23.4 Å². The van der Waals surface area contributed by atoms with Crippen LogP contribution in [0.3, 0.4) is 0 Å². The number of nitrogens with two attached hydrogens (primary N) is 1. The molecule has 0 aliphatic heterocycles. The molecule has 0 bridgehead atoms. The summed E-state index contributed by atoms with van der Waals surface area (Å²) >= 11 is 7.76. The Morgan fingerprint density at radius 3 is 2.61 bits per heavy atom. The van der Waals surface area contributed by atoms with Gasteiger partial charge in [-0.25, -0.2) is 4.68 Å². The van der Waals surface area contributed by atoms with E-state index in [9.17, 15) is 0 Å². The van der Waals surface area contributed by atoms with Gasteiger partial charge in [0.05, 0.1) is 5.02 Å². The highest BCUT2D eigenvalue weighted by Gasteiger charge is 2.14. The summed E-state index contributed by atoms with van der Waals surface area (Å²) in [6, 6.07) is 13.9. The number of aromatic nitrogens is 3. The van der Waals surface area contributed by atoms with E-state index in [0.29, 0.717) is 16.0 Å². The van der Waals surface area contributed by atoms with Crippen LogP contribution in [-0.4, -0.2) is 14.9 Å². The van der Waals surface area contributed by atoms with Gasteiger partial charge in [0.2, 0.25) is 5.16 Å². The summed E-state index contributed by atoms with van der Waals surface area (Å²) in [4.78, 5) is 0. The third kappa shape index (κ3) is 3.35. The first-order chi connectivity index (χ1) is 11.1. The van der Waals surface area contributed by atoms with Crippen molar-refractivity contribution < 1.29 is 0 Å². The molecule has 0 spiro atoms. The fourth-order valence-corrected chi connectivity index (χ4v) is 3.26. The van der Waals surface area contributed by atoms with Crippen LogP contribution in [0.1, 0.15) is 16.7 Å². The first kappa shape index (κ1) is 15.9. The quantitative estimate of drug-likeness (QED) is 0.568. The first-order valence-corrected chi connectivity index (χ1v) is 8.57. The lowest BCUT2D eigenvalue weighted by molar-refractivity contribution is 0.849. The Bertz CT molecular complexity index is 844. The van der Waals surface area contributed by atoms with E-state index in [2.05, 4.69) is 42.2 Å². The minimum atomic E-state index is 0.568. The van der Waals surface area contributed by atoms with Gasteiger partial charge in [-0.3, -0.25) is 0 Å². The van der Waals surface area contributed by atoms with Crippen LogP contribution in [-0.2, 0) is 5.75 Å². The summed E-state index contributed by atoms with van der Waals surface area (Å²) in [7, 11) is 0. The van der Waals surface area contributed by atoms with Crippen molar-refractivity contribution >= 4 is 23.4 Å². The zero-order valence-electron chi connectivity index (χ0n) is 13.0. The SMILES string of the molecule is Cc1ccc(CSc2nnc(-c3ccccc3Cl)n2N)cc1C. The van der Waals surface area contributed by atoms with Crippen LogP contribution in [0, 0.1) is 13.8 Å². The van der Waals surface area contributed by atoms with Crippen molar-refractivity contribution in [2.24, 2.45) is 0 Å². The highest BCUT2D eigenvalue weighted by Crippen LogP contribution is 2.28. The van der Waals surface area contributed by atoms with Crippen molar-refractivity contribution in [3.05, 3.63) is 64.2 Å². The average Bonchev–Trinajstić information content (AvgIpc) is 2.90. The molecule has 0 saturated carbocycles. The van der Waals surface area contributed by atoms with E-state index in [1.807, 2.05) is 24.3 Å². The maximum absolute atomic E-state index is 6.20.